The summed E-state index contributed by atoms with van der Waals surface area (Å²) >= 11 is 0. The molecule has 0 aliphatic heterocycles. The number of rotatable bonds is 5. The van der Waals surface area contributed by atoms with Crippen LogP contribution in [0.5, 0.6) is 0 Å². The van der Waals surface area contributed by atoms with Gasteiger partial charge < -0.3 is 5.11 Å². The molecule has 1 unspecified atom stereocenters. The zero-order chi connectivity index (χ0) is 14.7. The van der Waals surface area contributed by atoms with Crippen molar-refractivity contribution >= 4 is 5.97 Å². The molecule has 0 saturated heterocycles. The molecule has 1 atom stereocenters. The monoisotopic (exact) mass is 278 g/mol. The molecular weight excluding hydrogens is 263 g/mol. The molecule has 0 fully saturated rings. The molecule has 20 heavy (non-hydrogen) atoms. The van der Waals surface area contributed by atoms with Crippen molar-refractivity contribution in [2.45, 2.75) is 26.8 Å². The van der Waals surface area contributed by atoms with Crippen LogP contribution in [0.2, 0.25) is 0 Å². The lowest BCUT2D eigenvalue weighted by molar-refractivity contribution is -0.138. The first-order valence-electron chi connectivity index (χ1n) is 6.22. The fourth-order valence-electron chi connectivity index (χ4n) is 1.98. The molecule has 0 radical (unpaired) electrons. The van der Waals surface area contributed by atoms with Crippen LogP contribution < -0.4 is 0 Å². The van der Waals surface area contributed by atoms with E-state index in [1.54, 1.807) is 23.7 Å². The molecular formula is C13H15FN4O2. The Bertz CT molecular complexity index is 627. The summed E-state index contributed by atoms with van der Waals surface area (Å²) in [6, 6.07) is 4.64. The van der Waals surface area contributed by atoms with E-state index in [1.807, 2.05) is 6.92 Å². The number of benzene rings is 1. The van der Waals surface area contributed by atoms with Crippen molar-refractivity contribution in [2.24, 2.45) is 5.92 Å². The van der Waals surface area contributed by atoms with Gasteiger partial charge in [-0.2, -0.15) is 0 Å². The van der Waals surface area contributed by atoms with Crippen LogP contribution in [0.25, 0.3) is 11.4 Å². The number of nitrogens with zero attached hydrogens (tertiary/aromatic N) is 4. The quantitative estimate of drug-likeness (QED) is 0.903. The minimum absolute atomic E-state index is 0.0434. The fourth-order valence-corrected chi connectivity index (χ4v) is 1.98. The number of tetrazole rings is 1. The van der Waals surface area contributed by atoms with Gasteiger partial charge in [0, 0.05) is 18.5 Å². The highest BCUT2D eigenvalue weighted by atomic mass is 19.1. The fraction of sp³-hybridized carbons (Fsp3) is 0.385. The van der Waals surface area contributed by atoms with E-state index in [0.29, 0.717) is 23.5 Å². The molecule has 0 saturated carbocycles. The summed E-state index contributed by atoms with van der Waals surface area (Å²) in [5, 5.41) is 20.1. The normalized spacial score (nSPS) is 12.3. The van der Waals surface area contributed by atoms with E-state index < -0.39 is 5.97 Å². The summed E-state index contributed by atoms with van der Waals surface area (Å²) in [4.78, 5) is 10.7. The summed E-state index contributed by atoms with van der Waals surface area (Å²) in [5.41, 5.74) is 1.21. The first kappa shape index (κ1) is 14.1. The number of halogens is 1. The van der Waals surface area contributed by atoms with Crippen LogP contribution in [0.3, 0.4) is 0 Å². The van der Waals surface area contributed by atoms with Crippen molar-refractivity contribution in [1.82, 2.24) is 20.2 Å². The van der Waals surface area contributed by atoms with Crippen molar-refractivity contribution in [3.63, 3.8) is 0 Å². The molecule has 0 amide bonds. The van der Waals surface area contributed by atoms with Gasteiger partial charge in [-0.15, -0.1) is 5.10 Å². The Labute approximate surface area is 115 Å². The van der Waals surface area contributed by atoms with Crippen LogP contribution in [0.15, 0.2) is 18.2 Å². The lowest BCUT2D eigenvalue weighted by atomic mass is 10.1. The van der Waals surface area contributed by atoms with Gasteiger partial charge in [-0.25, -0.2) is 9.07 Å². The Hall–Kier alpha value is -2.31. The topological polar surface area (TPSA) is 80.9 Å². The Kier molecular flexibility index (Phi) is 4.07. The number of carbonyl (C=O) groups is 1. The van der Waals surface area contributed by atoms with Crippen LogP contribution in [0.1, 0.15) is 18.9 Å². The summed E-state index contributed by atoms with van der Waals surface area (Å²) in [5.74, 6) is -0.738. The summed E-state index contributed by atoms with van der Waals surface area (Å²) in [6.45, 7) is 3.88. The molecule has 0 aliphatic rings. The van der Waals surface area contributed by atoms with E-state index in [2.05, 4.69) is 15.5 Å². The third-order valence-electron chi connectivity index (χ3n) is 2.96. The Morgan fingerprint density at radius 1 is 1.50 bits per heavy atom. The number of carboxylic acid groups (broad SMARTS) is 1. The van der Waals surface area contributed by atoms with E-state index in [4.69, 9.17) is 5.11 Å². The second kappa shape index (κ2) is 5.77. The molecule has 1 N–H and O–H groups in total. The maximum atomic E-state index is 13.3. The predicted octanol–water partition coefficient (Wildman–Crippen LogP) is 1.90. The van der Waals surface area contributed by atoms with Crippen LogP contribution in [0.4, 0.5) is 4.39 Å². The van der Waals surface area contributed by atoms with Gasteiger partial charge in [-0.3, -0.25) is 4.79 Å². The van der Waals surface area contributed by atoms with Crippen LogP contribution in [-0.2, 0) is 11.3 Å². The van der Waals surface area contributed by atoms with Crippen molar-refractivity contribution in [3.05, 3.63) is 29.6 Å². The van der Waals surface area contributed by atoms with Crippen molar-refractivity contribution in [2.75, 3.05) is 0 Å². The number of aryl methyl sites for hydroxylation is 1. The maximum Gasteiger partial charge on any atom is 0.303 e. The van der Waals surface area contributed by atoms with E-state index in [9.17, 15) is 9.18 Å². The molecule has 6 nitrogen and oxygen atoms in total. The van der Waals surface area contributed by atoms with Crippen LogP contribution in [-0.4, -0.2) is 31.3 Å². The summed E-state index contributed by atoms with van der Waals surface area (Å²) < 4.78 is 14.8. The van der Waals surface area contributed by atoms with Crippen molar-refractivity contribution < 1.29 is 14.3 Å². The van der Waals surface area contributed by atoms with E-state index in [1.165, 1.54) is 6.07 Å². The first-order chi connectivity index (χ1) is 9.47. The van der Waals surface area contributed by atoms with Crippen molar-refractivity contribution in [1.29, 1.82) is 0 Å². The van der Waals surface area contributed by atoms with Crippen molar-refractivity contribution in [3.8, 4) is 11.4 Å². The van der Waals surface area contributed by atoms with E-state index in [0.717, 1.165) is 0 Å². The second-order valence-electron chi connectivity index (χ2n) is 4.85. The first-order valence-corrected chi connectivity index (χ1v) is 6.22. The molecule has 1 aromatic heterocycles. The SMILES string of the molecule is Cc1cc(-c2nnnn2CC(C)CC(=O)O)ccc1F. The molecule has 1 heterocycles. The minimum Gasteiger partial charge on any atom is -0.481 e. The minimum atomic E-state index is -0.857. The summed E-state index contributed by atoms with van der Waals surface area (Å²) in [6.07, 6.45) is 0.0434. The van der Waals surface area contributed by atoms with Crippen LogP contribution in [0, 0.1) is 18.7 Å². The lowest BCUT2D eigenvalue weighted by Crippen LogP contribution is -2.14. The molecule has 106 valence electrons. The standard InChI is InChI=1S/C13H15FN4O2/c1-8(5-12(19)20)7-18-13(15-16-17-18)10-3-4-11(14)9(2)6-10/h3-4,6,8H,5,7H2,1-2H3,(H,19,20). The van der Waals surface area contributed by atoms with E-state index >= 15 is 0 Å². The highest BCUT2D eigenvalue weighted by molar-refractivity contribution is 5.66. The van der Waals surface area contributed by atoms with Gasteiger partial charge in [0.25, 0.3) is 0 Å². The number of hydrogen-bond acceptors (Lipinski definition) is 4. The average molecular weight is 278 g/mol. The molecule has 1 aromatic carbocycles. The lowest BCUT2D eigenvalue weighted by Gasteiger charge is -2.10. The predicted molar refractivity (Wildman–Crippen MR) is 69.4 cm³/mol. The Balaban J connectivity index is 2.23. The Morgan fingerprint density at radius 2 is 2.25 bits per heavy atom. The third-order valence-corrected chi connectivity index (χ3v) is 2.96. The highest BCUT2D eigenvalue weighted by Crippen LogP contribution is 2.20. The second-order valence-corrected chi connectivity index (χ2v) is 4.85. The molecule has 0 spiro atoms. The smallest absolute Gasteiger partial charge is 0.303 e. The van der Waals surface area contributed by atoms with E-state index in [-0.39, 0.29) is 18.2 Å². The average Bonchev–Trinajstić information content (AvgIpc) is 2.79. The van der Waals surface area contributed by atoms with Gasteiger partial charge in [-0.1, -0.05) is 6.92 Å². The highest BCUT2D eigenvalue weighted by Gasteiger charge is 2.14. The molecule has 2 rings (SSSR count). The molecule has 2 aromatic rings. The van der Waals surface area contributed by atoms with Crippen LogP contribution >= 0.6 is 0 Å². The number of hydrogen-bond donors (Lipinski definition) is 1. The van der Waals surface area contributed by atoms with Gasteiger partial charge in [-0.05, 0) is 47.0 Å². The molecule has 7 heteroatoms. The number of aliphatic carboxylic acids is 1. The third kappa shape index (κ3) is 3.17. The molecule has 0 bridgehead atoms. The Morgan fingerprint density at radius 3 is 2.90 bits per heavy atom. The summed E-state index contributed by atoms with van der Waals surface area (Å²) in [7, 11) is 0. The maximum absolute atomic E-state index is 13.3. The van der Waals surface area contributed by atoms with Gasteiger partial charge in [0.2, 0.25) is 0 Å². The molecule has 0 aliphatic carbocycles. The van der Waals surface area contributed by atoms with Gasteiger partial charge >= 0.3 is 5.97 Å². The number of carboxylic acids is 1. The zero-order valence-electron chi connectivity index (χ0n) is 11.2. The zero-order valence-corrected chi connectivity index (χ0v) is 11.2. The van der Waals surface area contributed by atoms with Gasteiger partial charge in [0.05, 0.1) is 0 Å². The number of aromatic nitrogens is 4. The largest absolute Gasteiger partial charge is 0.481 e. The van der Waals surface area contributed by atoms with Gasteiger partial charge in [0.1, 0.15) is 5.82 Å². The van der Waals surface area contributed by atoms with Gasteiger partial charge in [0.15, 0.2) is 5.82 Å².